The van der Waals surface area contributed by atoms with Gasteiger partial charge in [0.05, 0.1) is 5.02 Å². The Bertz CT molecular complexity index is 427. The van der Waals surface area contributed by atoms with Crippen molar-refractivity contribution < 1.29 is 9.60 Å². The summed E-state index contributed by atoms with van der Waals surface area (Å²) in [5.41, 5.74) is 5.44. The van der Waals surface area contributed by atoms with Gasteiger partial charge in [0, 0.05) is 25.7 Å². The molecule has 1 rings (SSSR count). The summed E-state index contributed by atoms with van der Waals surface area (Å²) in [6, 6.07) is 1.19. The number of amidine groups is 1. The molecule has 1 atom stereocenters. The Morgan fingerprint density at radius 2 is 2.41 bits per heavy atom. The molecule has 1 unspecified atom stereocenters. The van der Waals surface area contributed by atoms with Gasteiger partial charge in [-0.2, -0.15) is 0 Å². The van der Waals surface area contributed by atoms with Crippen LogP contribution < -0.4 is 10.6 Å². The molecular formula is C10H14ClFN4O. The predicted octanol–water partition coefficient (Wildman–Crippen LogP) is 1.69. The lowest BCUT2D eigenvalue weighted by atomic mass is 10.1. The lowest BCUT2D eigenvalue weighted by Crippen LogP contribution is -2.33. The van der Waals surface area contributed by atoms with Crippen molar-refractivity contribution in [1.29, 1.82) is 0 Å². The maximum atomic E-state index is 13.5. The van der Waals surface area contributed by atoms with E-state index in [0.29, 0.717) is 6.54 Å². The number of oxime groups is 1. The molecule has 0 fully saturated rings. The van der Waals surface area contributed by atoms with Crippen LogP contribution in [0.2, 0.25) is 5.02 Å². The number of nitrogens with zero attached hydrogens (tertiary/aromatic N) is 3. The minimum Gasteiger partial charge on any atom is -0.409 e. The zero-order chi connectivity index (χ0) is 13.0. The van der Waals surface area contributed by atoms with Gasteiger partial charge in [-0.15, -0.1) is 0 Å². The SMILES string of the molecule is CC(CN(C)c1ncc(Cl)cc1F)C(N)=NO. The third-order valence-corrected chi connectivity index (χ3v) is 2.52. The molecule has 0 radical (unpaired) electrons. The summed E-state index contributed by atoms with van der Waals surface area (Å²) in [6.45, 7) is 2.14. The molecule has 0 bridgehead atoms. The fourth-order valence-corrected chi connectivity index (χ4v) is 1.52. The molecule has 0 aliphatic heterocycles. The van der Waals surface area contributed by atoms with Crippen LogP contribution in [0, 0.1) is 11.7 Å². The lowest BCUT2D eigenvalue weighted by molar-refractivity contribution is 0.314. The van der Waals surface area contributed by atoms with Crippen molar-refractivity contribution in [2.75, 3.05) is 18.5 Å². The molecular weight excluding hydrogens is 247 g/mol. The maximum Gasteiger partial charge on any atom is 0.167 e. The molecule has 94 valence electrons. The van der Waals surface area contributed by atoms with Crippen molar-refractivity contribution in [3.8, 4) is 0 Å². The van der Waals surface area contributed by atoms with E-state index in [2.05, 4.69) is 10.1 Å². The van der Waals surface area contributed by atoms with Crippen LogP contribution in [0.3, 0.4) is 0 Å². The smallest absolute Gasteiger partial charge is 0.167 e. The number of anilines is 1. The fraction of sp³-hybridized carbons (Fsp3) is 0.400. The minimum atomic E-state index is -0.508. The first kappa shape index (κ1) is 13.5. The van der Waals surface area contributed by atoms with Crippen molar-refractivity contribution >= 4 is 23.3 Å². The molecule has 7 heteroatoms. The molecule has 0 aliphatic carbocycles. The van der Waals surface area contributed by atoms with Crippen LogP contribution in [0.25, 0.3) is 0 Å². The zero-order valence-corrected chi connectivity index (χ0v) is 10.3. The molecule has 0 amide bonds. The van der Waals surface area contributed by atoms with E-state index in [-0.39, 0.29) is 22.6 Å². The largest absolute Gasteiger partial charge is 0.409 e. The first-order valence-corrected chi connectivity index (χ1v) is 5.33. The molecule has 0 spiro atoms. The van der Waals surface area contributed by atoms with E-state index in [1.165, 1.54) is 12.3 Å². The summed E-state index contributed by atoms with van der Waals surface area (Å²) in [5.74, 6) is -0.466. The highest BCUT2D eigenvalue weighted by Gasteiger charge is 2.15. The lowest BCUT2D eigenvalue weighted by Gasteiger charge is -2.22. The van der Waals surface area contributed by atoms with Gasteiger partial charge in [0.2, 0.25) is 0 Å². The maximum absolute atomic E-state index is 13.5. The Kier molecular flexibility index (Phi) is 4.51. The van der Waals surface area contributed by atoms with Crippen LogP contribution in [0.4, 0.5) is 10.2 Å². The van der Waals surface area contributed by atoms with Crippen molar-refractivity contribution in [2.24, 2.45) is 16.8 Å². The molecule has 0 aliphatic rings. The molecule has 1 aromatic heterocycles. The predicted molar refractivity (Wildman–Crippen MR) is 65.0 cm³/mol. The molecule has 3 N–H and O–H groups in total. The van der Waals surface area contributed by atoms with Gasteiger partial charge in [-0.25, -0.2) is 9.37 Å². The quantitative estimate of drug-likeness (QED) is 0.374. The summed E-state index contributed by atoms with van der Waals surface area (Å²) in [6.07, 6.45) is 1.37. The van der Waals surface area contributed by atoms with E-state index in [4.69, 9.17) is 22.5 Å². The second-order valence-corrected chi connectivity index (χ2v) is 4.20. The third-order valence-electron chi connectivity index (χ3n) is 2.32. The van der Waals surface area contributed by atoms with Crippen molar-refractivity contribution in [3.05, 3.63) is 23.1 Å². The summed E-state index contributed by atoms with van der Waals surface area (Å²) in [7, 11) is 1.67. The van der Waals surface area contributed by atoms with Gasteiger partial charge in [-0.3, -0.25) is 0 Å². The van der Waals surface area contributed by atoms with Crippen LogP contribution in [0.5, 0.6) is 0 Å². The summed E-state index contributed by atoms with van der Waals surface area (Å²) >= 11 is 5.61. The Labute approximate surface area is 104 Å². The van der Waals surface area contributed by atoms with Crippen LogP contribution in [0.1, 0.15) is 6.92 Å². The second-order valence-electron chi connectivity index (χ2n) is 3.77. The number of halogens is 2. The fourth-order valence-electron chi connectivity index (χ4n) is 1.38. The van der Waals surface area contributed by atoms with Crippen molar-refractivity contribution in [3.63, 3.8) is 0 Å². The van der Waals surface area contributed by atoms with Gasteiger partial charge in [0.25, 0.3) is 0 Å². The van der Waals surface area contributed by atoms with Gasteiger partial charge in [-0.1, -0.05) is 23.7 Å². The number of aromatic nitrogens is 1. The number of pyridine rings is 1. The van der Waals surface area contributed by atoms with E-state index in [1.54, 1.807) is 18.9 Å². The average Bonchev–Trinajstić information content (AvgIpc) is 2.27. The number of hydrogen-bond acceptors (Lipinski definition) is 4. The molecule has 0 aromatic carbocycles. The summed E-state index contributed by atoms with van der Waals surface area (Å²) in [4.78, 5) is 5.47. The van der Waals surface area contributed by atoms with Crippen LogP contribution in [-0.4, -0.2) is 29.6 Å². The topological polar surface area (TPSA) is 74.7 Å². The first-order valence-electron chi connectivity index (χ1n) is 4.95. The Morgan fingerprint density at radius 3 is 2.94 bits per heavy atom. The highest BCUT2D eigenvalue weighted by atomic mass is 35.5. The van der Waals surface area contributed by atoms with Crippen LogP contribution in [-0.2, 0) is 0 Å². The van der Waals surface area contributed by atoms with E-state index in [0.717, 1.165) is 0 Å². The Morgan fingerprint density at radius 1 is 1.76 bits per heavy atom. The summed E-state index contributed by atoms with van der Waals surface area (Å²) in [5, 5.41) is 11.7. The van der Waals surface area contributed by atoms with Crippen molar-refractivity contribution in [2.45, 2.75) is 6.92 Å². The van der Waals surface area contributed by atoms with E-state index in [9.17, 15) is 4.39 Å². The third kappa shape index (κ3) is 3.45. The normalized spacial score (nSPS) is 13.5. The van der Waals surface area contributed by atoms with Crippen LogP contribution in [0.15, 0.2) is 17.4 Å². The molecule has 1 aromatic rings. The van der Waals surface area contributed by atoms with E-state index < -0.39 is 5.82 Å². The zero-order valence-electron chi connectivity index (χ0n) is 9.56. The number of hydrogen-bond donors (Lipinski definition) is 2. The van der Waals surface area contributed by atoms with Crippen LogP contribution >= 0.6 is 11.6 Å². The molecule has 0 saturated heterocycles. The van der Waals surface area contributed by atoms with E-state index >= 15 is 0 Å². The van der Waals surface area contributed by atoms with Gasteiger partial charge < -0.3 is 15.8 Å². The first-order chi connectivity index (χ1) is 7.95. The highest BCUT2D eigenvalue weighted by molar-refractivity contribution is 6.30. The highest BCUT2D eigenvalue weighted by Crippen LogP contribution is 2.19. The molecule has 5 nitrogen and oxygen atoms in total. The van der Waals surface area contributed by atoms with Gasteiger partial charge in [0.1, 0.15) is 5.84 Å². The number of rotatable bonds is 4. The van der Waals surface area contributed by atoms with Gasteiger partial charge >= 0.3 is 0 Å². The van der Waals surface area contributed by atoms with Gasteiger partial charge in [-0.05, 0) is 6.07 Å². The average molecular weight is 261 g/mol. The molecule has 1 heterocycles. The van der Waals surface area contributed by atoms with E-state index in [1.807, 2.05) is 0 Å². The Hall–Kier alpha value is -1.56. The Balaban J connectivity index is 2.79. The molecule has 0 saturated carbocycles. The monoisotopic (exact) mass is 260 g/mol. The summed E-state index contributed by atoms with van der Waals surface area (Å²) < 4.78 is 13.5. The van der Waals surface area contributed by atoms with Crippen molar-refractivity contribution in [1.82, 2.24) is 4.98 Å². The molecule has 17 heavy (non-hydrogen) atoms. The second kappa shape index (κ2) is 5.67. The number of nitrogens with two attached hydrogens (primary N) is 1. The standard InChI is InChI=1S/C10H14ClFN4O/c1-6(9(13)15-17)5-16(2)10-8(12)3-7(11)4-14-10/h3-4,6,17H,5H2,1-2H3,(H2,13,15). The minimum absolute atomic E-state index is 0.0891. The van der Waals surface area contributed by atoms with Gasteiger partial charge in [0.15, 0.2) is 11.6 Å².